The van der Waals surface area contributed by atoms with Crippen LogP contribution in [-0.2, 0) is 4.79 Å². The lowest BCUT2D eigenvalue weighted by atomic mass is 10.1. The van der Waals surface area contributed by atoms with Crippen LogP contribution in [0.25, 0.3) is 0 Å². The molecule has 0 aliphatic heterocycles. The summed E-state index contributed by atoms with van der Waals surface area (Å²) in [6.07, 6.45) is 2.68. The molecule has 18 heavy (non-hydrogen) atoms. The van der Waals surface area contributed by atoms with Crippen LogP contribution in [0.15, 0.2) is 36.9 Å². The van der Waals surface area contributed by atoms with E-state index in [1.807, 2.05) is 0 Å². The van der Waals surface area contributed by atoms with Crippen LogP contribution in [0.5, 0.6) is 0 Å². The summed E-state index contributed by atoms with van der Waals surface area (Å²) < 4.78 is 12.7. The predicted molar refractivity (Wildman–Crippen MR) is 67.8 cm³/mol. The van der Waals surface area contributed by atoms with E-state index < -0.39 is 0 Å². The fourth-order valence-corrected chi connectivity index (χ4v) is 1.46. The van der Waals surface area contributed by atoms with Crippen LogP contribution in [0, 0.1) is 5.82 Å². The van der Waals surface area contributed by atoms with Crippen LogP contribution in [0.4, 0.5) is 4.39 Å². The molecule has 0 radical (unpaired) electrons. The molecule has 1 rings (SSSR count). The van der Waals surface area contributed by atoms with Gasteiger partial charge in [0, 0.05) is 24.9 Å². The highest BCUT2D eigenvalue weighted by molar-refractivity contribution is 5.96. The van der Waals surface area contributed by atoms with E-state index in [4.69, 9.17) is 0 Å². The summed E-state index contributed by atoms with van der Waals surface area (Å²) in [6, 6.07) is 5.42. The van der Waals surface area contributed by atoms with E-state index in [0.29, 0.717) is 24.9 Å². The molecule has 0 aromatic heterocycles. The Kier molecular flexibility index (Phi) is 5.77. The maximum atomic E-state index is 12.7. The lowest BCUT2D eigenvalue weighted by Gasteiger charge is -2.02. The first kappa shape index (κ1) is 14.1. The van der Waals surface area contributed by atoms with E-state index in [1.165, 1.54) is 24.3 Å². The van der Waals surface area contributed by atoms with Crippen LogP contribution in [0.3, 0.4) is 0 Å². The monoisotopic (exact) mass is 249 g/mol. The van der Waals surface area contributed by atoms with Gasteiger partial charge in [-0.15, -0.1) is 6.58 Å². The van der Waals surface area contributed by atoms with Crippen molar-refractivity contribution < 1.29 is 14.0 Å². The minimum atomic E-state index is -0.365. The Morgan fingerprint density at radius 3 is 2.50 bits per heavy atom. The predicted octanol–water partition coefficient (Wildman–Crippen LogP) is 2.48. The van der Waals surface area contributed by atoms with Crippen molar-refractivity contribution in [1.82, 2.24) is 5.32 Å². The standard InChI is InChI=1S/C14H16FNO2/c1-2-10-16-14(18)5-3-4-13(17)11-6-8-12(15)9-7-11/h2,6-9H,1,3-5,10H2,(H,16,18). The van der Waals surface area contributed by atoms with Crippen molar-refractivity contribution in [2.24, 2.45) is 0 Å². The molecule has 0 atom stereocenters. The van der Waals surface area contributed by atoms with Crippen LogP contribution >= 0.6 is 0 Å². The van der Waals surface area contributed by atoms with Crippen molar-refractivity contribution in [3.8, 4) is 0 Å². The maximum absolute atomic E-state index is 12.7. The first-order valence-electron chi connectivity index (χ1n) is 5.80. The zero-order valence-corrected chi connectivity index (χ0v) is 10.1. The van der Waals surface area contributed by atoms with Gasteiger partial charge in [0.25, 0.3) is 0 Å². The van der Waals surface area contributed by atoms with Crippen LogP contribution in [0.2, 0.25) is 0 Å². The van der Waals surface area contributed by atoms with Gasteiger partial charge in [-0.25, -0.2) is 4.39 Å². The van der Waals surface area contributed by atoms with Gasteiger partial charge in [0.05, 0.1) is 0 Å². The number of hydrogen-bond acceptors (Lipinski definition) is 2. The Labute approximate surface area is 106 Å². The van der Waals surface area contributed by atoms with Gasteiger partial charge in [-0.05, 0) is 30.7 Å². The number of nitrogens with one attached hydrogen (secondary N) is 1. The molecule has 96 valence electrons. The van der Waals surface area contributed by atoms with Gasteiger partial charge >= 0.3 is 0 Å². The summed E-state index contributed by atoms with van der Waals surface area (Å²) in [7, 11) is 0. The molecule has 0 unspecified atom stereocenters. The number of benzene rings is 1. The average molecular weight is 249 g/mol. The second-order valence-electron chi connectivity index (χ2n) is 3.88. The molecule has 1 aromatic rings. The van der Waals surface area contributed by atoms with Gasteiger partial charge < -0.3 is 5.32 Å². The van der Waals surface area contributed by atoms with Gasteiger partial charge in [-0.3, -0.25) is 9.59 Å². The summed E-state index contributed by atoms with van der Waals surface area (Å²) in [4.78, 5) is 22.9. The topological polar surface area (TPSA) is 46.2 Å². The van der Waals surface area contributed by atoms with Crippen molar-refractivity contribution in [3.05, 3.63) is 48.3 Å². The van der Waals surface area contributed by atoms with E-state index in [2.05, 4.69) is 11.9 Å². The summed E-state index contributed by atoms with van der Waals surface area (Å²) in [6.45, 7) is 3.92. The molecular weight excluding hydrogens is 233 g/mol. The van der Waals surface area contributed by atoms with Crippen molar-refractivity contribution in [2.75, 3.05) is 6.54 Å². The zero-order valence-electron chi connectivity index (χ0n) is 10.1. The first-order chi connectivity index (χ1) is 8.63. The van der Waals surface area contributed by atoms with E-state index in [9.17, 15) is 14.0 Å². The van der Waals surface area contributed by atoms with Crippen LogP contribution in [0.1, 0.15) is 29.6 Å². The average Bonchev–Trinajstić information content (AvgIpc) is 2.37. The molecule has 4 heteroatoms. The second kappa shape index (κ2) is 7.37. The quantitative estimate of drug-likeness (QED) is 0.596. The van der Waals surface area contributed by atoms with Crippen molar-refractivity contribution in [2.45, 2.75) is 19.3 Å². The smallest absolute Gasteiger partial charge is 0.220 e. The number of halogens is 1. The zero-order chi connectivity index (χ0) is 13.4. The highest BCUT2D eigenvalue weighted by atomic mass is 19.1. The fourth-order valence-electron chi connectivity index (χ4n) is 1.46. The van der Waals surface area contributed by atoms with Crippen molar-refractivity contribution >= 4 is 11.7 Å². The second-order valence-corrected chi connectivity index (χ2v) is 3.88. The third-order valence-corrected chi connectivity index (χ3v) is 2.42. The number of carbonyl (C=O) groups excluding carboxylic acids is 2. The van der Waals surface area contributed by atoms with Crippen molar-refractivity contribution in [1.29, 1.82) is 0 Å². The Balaban J connectivity index is 2.31. The summed E-state index contributed by atoms with van der Waals surface area (Å²) in [5.74, 6) is -0.538. The molecule has 1 aromatic carbocycles. The first-order valence-corrected chi connectivity index (χ1v) is 5.80. The lowest BCUT2D eigenvalue weighted by Crippen LogP contribution is -2.22. The maximum Gasteiger partial charge on any atom is 0.220 e. The van der Waals surface area contributed by atoms with Gasteiger partial charge in [0.1, 0.15) is 5.82 Å². The molecule has 0 fully saturated rings. The Morgan fingerprint density at radius 1 is 1.22 bits per heavy atom. The Bertz CT molecular complexity index is 426. The van der Waals surface area contributed by atoms with E-state index >= 15 is 0 Å². The number of hydrogen-bond donors (Lipinski definition) is 1. The fraction of sp³-hybridized carbons (Fsp3) is 0.286. The van der Waals surface area contributed by atoms with Crippen LogP contribution < -0.4 is 5.32 Å². The molecule has 0 saturated carbocycles. The van der Waals surface area contributed by atoms with Crippen molar-refractivity contribution in [3.63, 3.8) is 0 Å². The lowest BCUT2D eigenvalue weighted by molar-refractivity contribution is -0.120. The molecule has 0 spiro atoms. The van der Waals surface area contributed by atoms with E-state index in [1.54, 1.807) is 6.08 Å². The summed E-state index contributed by atoms with van der Waals surface area (Å²) in [5.41, 5.74) is 0.475. The number of amides is 1. The molecule has 0 saturated heterocycles. The molecule has 0 bridgehead atoms. The van der Waals surface area contributed by atoms with Gasteiger partial charge in [-0.1, -0.05) is 6.08 Å². The normalized spacial score (nSPS) is 9.83. The molecule has 3 nitrogen and oxygen atoms in total. The molecule has 0 heterocycles. The molecule has 0 aliphatic rings. The van der Waals surface area contributed by atoms with Gasteiger partial charge in [0.15, 0.2) is 5.78 Å². The highest BCUT2D eigenvalue weighted by Crippen LogP contribution is 2.08. The summed E-state index contributed by atoms with van der Waals surface area (Å²) in [5, 5.41) is 2.64. The Hall–Kier alpha value is -1.97. The number of Topliss-reactive ketones (excluding diaryl/α,β-unsaturated/α-hetero) is 1. The molecular formula is C14H16FNO2. The third-order valence-electron chi connectivity index (χ3n) is 2.42. The third kappa shape index (κ3) is 4.91. The van der Waals surface area contributed by atoms with E-state index in [0.717, 1.165) is 0 Å². The van der Waals surface area contributed by atoms with Gasteiger partial charge in [0.2, 0.25) is 5.91 Å². The number of carbonyl (C=O) groups is 2. The van der Waals surface area contributed by atoms with E-state index in [-0.39, 0.29) is 23.9 Å². The molecule has 1 amide bonds. The van der Waals surface area contributed by atoms with Crippen LogP contribution in [-0.4, -0.2) is 18.2 Å². The minimum absolute atomic E-state index is 0.0773. The van der Waals surface area contributed by atoms with Gasteiger partial charge in [-0.2, -0.15) is 0 Å². The number of ketones is 1. The number of rotatable bonds is 7. The highest BCUT2D eigenvalue weighted by Gasteiger charge is 2.07. The SMILES string of the molecule is C=CCNC(=O)CCCC(=O)c1ccc(F)cc1. The summed E-state index contributed by atoms with van der Waals surface area (Å²) >= 11 is 0. The molecule has 0 aliphatic carbocycles. The molecule has 1 N–H and O–H groups in total. The minimum Gasteiger partial charge on any atom is -0.353 e. The Morgan fingerprint density at radius 2 is 1.89 bits per heavy atom. The largest absolute Gasteiger partial charge is 0.353 e.